The van der Waals surface area contributed by atoms with Crippen molar-refractivity contribution in [2.75, 3.05) is 11.9 Å². The standard InChI is InChI=1S/C12H15N5O3/c1-4-19-11(18)9-5-13-12(15-7(9)2)14-6-10-16-8(3)17-20-10/h5H,4,6H2,1-3H3,(H,13,14,15). The van der Waals surface area contributed by atoms with Crippen molar-refractivity contribution in [1.29, 1.82) is 0 Å². The summed E-state index contributed by atoms with van der Waals surface area (Å²) in [6.07, 6.45) is 1.43. The quantitative estimate of drug-likeness (QED) is 0.815. The van der Waals surface area contributed by atoms with Crippen LogP contribution in [-0.2, 0) is 11.3 Å². The maximum atomic E-state index is 11.6. The minimum absolute atomic E-state index is 0.314. The van der Waals surface area contributed by atoms with Gasteiger partial charge in [0.1, 0.15) is 0 Å². The third-order valence-electron chi connectivity index (χ3n) is 2.44. The molecule has 0 atom stereocenters. The number of nitrogens with one attached hydrogen (secondary N) is 1. The summed E-state index contributed by atoms with van der Waals surface area (Å²) in [6, 6.07) is 0. The summed E-state index contributed by atoms with van der Waals surface area (Å²) in [7, 11) is 0. The molecule has 0 bridgehead atoms. The first-order valence-corrected chi connectivity index (χ1v) is 6.14. The largest absolute Gasteiger partial charge is 0.462 e. The number of hydrogen-bond donors (Lipinski definition) is 1. The molecule has 20 heavy (non-hydrogen) atoms. The topological polar surface area (TPSA) is 103 Å². The molecule has 2 heterocycles. The van der Waals surface area contributed by atoms with Crippen molar-refractivity contribution in [3.63, 3.8) is 0 Å². The highest BCUT2D eigenvalue weighted by molar-refractivity contribution is 5.90. The molecule has 8 nitrogen and oxygen atoms in total. The highest BCUT2D eigenvalue weighted by atomic mass is 16.5. The SMILES string of the molecule is CCOC(=O)c1cnc(NCc2nc(C)no2)nc1C. The summed E-state index contributed by atoms with van der Waals surface area (Å²) in [4.78, 5) is 23.9. The van der Waals surface area contributed by atoms with Crippen LogP contribution in [0.1, 0.15) is 34.7 Å². The van der Waals surface area contributed by atoms with Gasteiger partial charge in [0.15, 0.2) is 5.82 Å². The smallest absolute Gasteiger partial charge is 0.341 e. The summed E-state index contributed by atoms with van der Waals surface area (Å²) in [5.74, 6) is 0.963. The molecule has 0 fully saturated rings. The van der Waals surface area contributed by atoms with Crippen molar-refractivity contribution < 1.29 is 14.1 Å². The van der Waals surface area contributed by atoms with Crippen molar-refractivity contribution >= 4 is 11.9 Å². The van der Waals surface area contributed by atoms with Gasteiger partial charge in [-0.15, -0.1) is 0 Å². The minimum Gasteiger partial charge on any atom is -0.462 e. The lowest BCUT2D eigenvalue weighted by molar-refractivity contribution is 0.0524. The summed E-state index contributed by atoms with van der Waals surface area (Å²) in [5, 5.41) is 6.62. The van der Waals surface area contributed by atoms with Crippen molar-refractivity contribution in [3.8, 4) is 0 Å². The van der Waals surface area contributed by atoms with Crippen LogP contribution in [0, 0.1) is 13.8 Å². The van der Waals surface area contributed by atoms with Gasteiger partial charge < -0.3 is 14.6 Å². The van der Waals surface area contributed by atoms with Gasteiger partial charge in [0, 0.05) is 6.20 Å². The van der Waals surface area contributed by atoms with Crippen LogP contribution in [0.5, 0.6) is 0 Å². The van der Waals surface area contributed by atoms with Gasteiger partial charge in [-0.25, -0.2) is 14.8 Å². The van der Waals surface area contributed by atoms with Gasteiger partial charge in [-0.1, -0.05) is 5.16 Å². The van der Waals surface area contributed by atoms with Gasteiger partial charge in [-0.3, -0.25) is 0 Å². The van der Waals surface area contributed by atoms with E-state index in [0.717, 1.165) is 0 Å². The molecule has 0 aromatic carbocycles. The second-order valence-corrected chi connectivity index (χ2v) is 4.00. The number of rotatable bonds is 5. The van der Waals surface area contributed by atoms with Crippen LogP contribution in [0.4, 0.5) is 5.95 Å². The number of anilines is 1. The first-order chi connectivity index (χ1) is 9.60. The molecule has 2 aromatic heterocycles. The lowest BCUT2D eigenvalue weighted by Gasteiger charge is -2.06. The lowest BCUT2D eigenvalue weighted by atomic mass is 10.2. The number of carbonyl (C=O) groups is 1. The third-order valence-corrected chi connectivity index (χ3v) is 2.44. The summed E-state index contributed by atoms with van der Waals surface area (Å²) in [5.41, 5.74) is 0.897. The lowest BCUT2D eigenvalue weighted by Crippen LogP contribution is -2.11. The second kappa shape index (κ2) is 6.09. The predicted octanol–water partition coefficient (Wildman–Crippen LogP) is 1.27. The van der Waals surface area contributed by atoms with Crippen molar-refractivity contribution in [3.05, 3.63) is 29.2 Å². The molecule has 0 spiro atoms. The monoisotopic (exact) mass is 277 g/mol. The number of ether oxygens (including phenoxy) is 1. The number of hydrogen-bond acceptors (Lipinski definition) is 8. The van der Waals surface area contributed by atoms with Crippen molar-refractivity contribution in [2.24, 2.45) is 0 Å². The van der Waals surface area contributed by atoms with Crippen LogP contribution < -0.4 is 5.32 Å². The zero-order valence-electron chi connectivity index (χ0n) is 11.5. The fourth-order valence-electron chi connectivity index (χ4n) is 1.53. The average Bonchev–Trinajstić information content (AvgIpc) is 2.82. The van der Waals surface area contributed by atoms with Crippen LogP contribution in [0.2, 0.25) is 0 Å². The maximum Gasteiger partial charge on any atom is 0.341 e. The number of esters is 1. The Bertz CT molecular complexity index is 611. The van der Waals surface area contributed by atoms with Crippen LogP contribution in [0.25, 0.3) is 0 Å². The van der Waals surface area contributed by atoms with Crippen molar-refractivity contribution in [2.45, 2.75) is 27.3 Å². The third kappa shape index (κ3) is 3.28. The first-order valence-electron chi connectivity index (χ1n) is 6.14. The molecule has 106 valence electrons. The Balaban J connectivity index is 2.03. The number of nitrogens with zero attached hydrogens (tertiary/aromatic N) is 4. The summed E-state index contributed by atoms with van der Waals surface area (Å²) in [6.45, 7) is 5.84. The molecule has 0 saturated heterocycles. The minimum atomic E-state index is -0.427. The van der Waals surface area contributed by atoms with Crippen LogP contribution in [0.3, 0.4) is 0 Å². The Hall–Kier alpha value is -2.51. The van der Waals surface area contributed by atoms with E-state index in [9.17, 15) is 4.79 Å². The van der Waals surface area contributed by atoms with Crippen LogP contribution in [-0.4, -0.2) is 32.7 Å². The molecule has 1 N–H and O–H groups in total. The first kappa shape index (κ1) is 13.9. The van der Waals surface area contributed by atoms with E-state index in [4.69, 9.17) is 9.26 Å². The predicted molar refractivity (Wildman–Crippen MR) is 69.1 cm³/mol. The van der Waals surface area contributed by atoms with Crippen molar-refractivity contribution in [1.82, 2.24) is 20.1 Å². The van der Waals surface area contributed by atoms with Crippen LogP contribution >= 0.6 is 0 Å². The van der Waals surface area contributed by atoms with E-state index in [1.807, 2.05) is 0 Å². The van der Waals surface area contributed by atoms with Gasteiger partial charge >= 0.3 is 5.97 Å². The zero-order chi connectivity index (χ0) is 14.5. The highest BCUT2D eigenvalue weighted by Gasteiger charge is 2.13. The van der Waals surface area contributed by atoms with Gasteiger partial charge in [0.05, 0.1) is 24.4 Å². The molecule has 0 radical (unpaired) electrons. The molecular weight excluding hydrogens is 262 g/mol. The molecule has 0 aliphatic carbocycles. The normalized spacial score (nSPS) is 10.3. The summed E-state index contributed by atoms with van der Waals surface area (Å²) >= 11 is 0. The molecule has 0 unspecified atom stereocenters. The Labute approximate surface area is 115 Å². The fraction of sp³-hybridized carbons (Fsp3) is 0.417. The van der Waals surface area contributed by atoms with E-state index >= 15 is 0 Å². The van der Waals surface area contributed by atoms with E-state index in [2.05, 4.69) is 25.4 Å². The fourth-order valence-corrected chi connectivity index (χ4v) is 1.53. The van der Waals surface area contributed by atoms with E-state index < -0.39 is 5.97 Å². The molecule has 2 rings (SSSR count). The Kier molecular flexibility index (Phi) is 4.24. The number of carbonyl (C=O) groups excluding carboxylic acids is 1. The average molecular weight is 277 g/mol. The maximum absolute atomic E-state index is 11.6. The number of aryl methyl sites for hydroxylation is 2. The summed E-state index contributed by atoms with van der Waals surface area (Å²) < 4.78 is 9.86. The zero-order valence-corrected chi connectivity index (χ0v) is 11.5. The molecule has 0 aliphatic rings. The molecule has 8 heteroatoms. The highest BCUT2D eigenvalue weighted by Crippen LogP contribution is 2.09. The van der Waals surface area contributed by atoms with E-state index in [0.29, 0.717) is 42.1 Å². The Morgan fingerprint density at radius 1 is 1.40 bits per heavy atom. The van der Waals surface area contributed by atoms with Crippen LogP contribution in [0.15, 0.2) is 10.7 Å². The Morgan fingerprint density at radius 2 is 2.20 bits per heavy atom. The van der Waals surface area contributed by atoms with Gasteiger partial charge in [-0.2, -0.15) is 4.98 Å². The molecule has 0 saturated carbocycles. The molecule has 0 amide bonds. The molecular formula is C12H15N5O3. The number of aromatic nitrogens is 4. The Morgan fingerprint density at radius 3 is 2.80 bits per heavy atom. The molecule has 2 aromatic rings. The molecule has 0 aliphatic heterocycles. The second-order valence-electron chi connectivity index (χ2n) is 4.00. The van der Waals surface area contributed by atoms with Gasteiger partial charge in [-0.05, 0) is 20.8 Å². The van der Waals surface area contributed by atoms with Gasteiger partial charge in [0.25, 0.3) is 0 Å². The van der Waals surface area contributed by atoms with Gasteiger partial charge in [0.2, 0.25) is 11.8 Å². The van der Waals surface area contributed by atoms with E-state index in [-0.39, 0.29) is 0 Å². The van der Waals surface area contributed by atoms with E-state index in [1.165, 1.54) is 6.20 Å². The van der Waals surface area contributed by atoms with E-state index in [1.54, 1.807) is 20.8 Å².